The smallest absolute Gasteiger partial charge is 0.407 e. The quantitative estimate of drug-likeness (QED) is 0.878. The Morgan fingerprint density at radius 3 is 2.43 bits per heavy atom. The van der Waals surface area contributed by atoms with Gasteiger partial charge < -0.3 is 14.9 Å². The molecule has 2 aliphatic rings. The predicted molar refractivity (Wildman–Crippen MR) is 112 cm³/mol. The second-order valence-electron chi connectivity index (χ2n) is 8.98. The summed E-state index contributed by atoms with van der Waals surface area (Å²) in [4.78, 5) is 22.9. The number of amides is 1. The van der Waals surface area contributed by atoms with Crippen molar-refractivity contribution in [2.45, 2.75) is 51.2 Å². The Morgan fingerprint density at radius 2 is 1.79 bits per heavy atom. The Hall–Kier alpha value is -2.34. The van der Waals surface area contributed by atoms with Gasteiger partial charge in [0.2, 0.25) is 0 Å². The summed E-state index contributed by atoms with van der Waals surface area (Å²) in [6, 6.07) is 11.1. The number of fused-ring (bicyclic) bond motifs is 1. The normalized spacial score (nSPS) is 23.5. The molecule has 150 valence electrons. The highest BCUT2D eigenvalue weighted by molar-refractivity contribution is 5.92. The summed E-state index contributed by atoms with van der Waals surface area (Å²) < 4.78 is 0. The van der Waals surface area contributed by atoms with Crippen molar-refractivity contribution >= 4 is 22.7 Å². The number of benzene rings is 1. The Bertz CT molecular complexity index is 844. The first kappa shape index (κ1) is 19.0. The number of aromatic nitrogens is 1. The largest absolute Gasteiger partial charge is 0.465 e. The minimum absolute atomic E-state index is 0.139. The van der Waals surface area contributed by atoms with Crippen LogP contribution in [0, 0.1) is 0 Å². The fraction of sp³-hybridized carbons (Fsp3) is 0.545. The zero-order valence-electron chi connectivity index (χ0n) is 17.0. The van der Waals surface area contributed by atoms with Crippen LogP contribution in [0.25, 0.3) is 10.8 Å². The van der Waals surface area contributed by atoms with E-state index < -0.39 is 6.09 Å². The SMILES string of the molecule is CC(C)(C)N(C(=O)O)[C@H]1C[C@H](N2CCN(c3nccc4ccccc34)CC2)C1. The van der Waals surface area contributed by atoms with E-state index in [0.29, 0.717) is 6.04 Å². The van der Waals surface area contributed by atoms with Gasteiger partial charge in [0.15, 0.2) is 0 Å². The summed E-state index contributed by atoms with van der Waals surface area (Å²) >= 11 is 0. The molecule has 6 nitrogen and oxygen atoms in total. The van der Waals surface area contributed by atoms with E-state index in [4.69, 9.17) is 0 Å². The number of piperazine rings is 1. The van der Waals surface area contributed by atoms with E-state index in [0.717, 1.165) is 44.8 Å². The number of anilines is 1. The average Bonchev–Trinajstić information content (AvgIpc) is 2.62. The molecule has 28 heavy (non-hydrogen) atoms. The van der Waals surface area contributed by atoms with Gasteiger partial charge in [-0.1, -0.05) is 24.3 Å². The van der Waals surface area contributed by atoms with Crippen LogP contribution in [0.15, 0.2) is 36.5 Å². The van der Waals surface area contributed by atoms with Crippen LogP contribution < -0.4 is 4.90 Å². The van der Waals surface area contributed by atoms with Gasteiger partial charge in [0.25, 0.3) is 0 Å². The Labute approximate surface area is 166 Å². The van der Waals surface area contributed by atoms with Crippen LogP contribution >= 0.6 is 0 Å². The number of carboxylic acid groups (broad SMARTS) is 1. The third-order valence-corrected chi connectivity index (χ3v) is 6.17. The molecule has 1 N–H and O–H groups in total. The number of nitrogens with zero attached hydrogens (tertiary/aromatic N) is 4. The number of carbonyl (C=O) groups is 1. The third kappa shape index (κ3) is 3.53. The molecule has 1 saturated heterocycles. The molecule has 0 bridgehead atoms. The molecule has 0 unspecified atom stereocenters. The number of rotatable bonds is 3. The number of pyridine rings is 1. The van der Waals surface area contributed by atoms with Crippen LogP contribution in [-0.2, 0) is 0 Å². The van der Waals surface area contributed by atoms with Crippen LogP contribution in [-0.4, -0.2) is 69.8 Å². The molecule has 4 rings (SSSR count). The topological polar surface area (TPSA) is 59.9 Å². The first-order chi connectivity index (χ1) is 13.3. The van der Waals surface area contributed by atoms with Crippen molar-refractivity contribution in [1.29, 1.82) is 0 Å². The van der Waals surface area contributed by atoms with Crippen molar-refractivity contribution in [3.8, 4) is 0 Å². The maximum atomic E-state index is 11.7. The summed E-state index contributed by atoms with van der Waals surface area (Å²) in [5.41, 5.74) is -0.347. The number of hydrogen-bond donors (Lipinski definition) is 1. The highest BCUT2D eigenvalue weighted by Gasteiger charge is 2.43. The first-order valence-electron chi connectivity index (χ1n) is 10.2. The third-order valence-electron chi connectivity index (χ3n) is 6.17. The van der Waals surface area contributed by atoms with E-state index in [-0.39, 0.29) is 11.6 Å². The zero-order chi connectivity index (χ0) is 19.9. The molecule has 2 aromatic rings. The molecule has 2 heterocycles. The van der Waals surface area contributed by atoms with Gasteiger partial charge in [-0.05, 0) is 45.1 Å². The second-order valence-corrected chi connectivity index (χ2v) is 8.98. The fourth-order valence-electron chi connectivity index (χ4n) is 4.71. The Balaban J connectivity index is 1.36. The fourth-order valence-corrected chi connectivity index (χ4v) is 4.71. The van der Waals surface area contributed by atoms with Crippen LogP contribution in [0.1, 0.15) is 33.6 Å². The molecule has 2 fully saturated rings. The lowest BCUT2D eigenvalue weighted by atomic mass is 9.82. The lowest BCUT2D eigenvalue weighted by Crippen LogP contribution is -2.62. The van der Waals surface area contributed by atoms with Gasteiger partial charge in [-0.25, -0.2) is 9.78 Å². The highest BCUT2D eigenvalue weighted by Crippen LogP contribution is 2.35. The van der Waals surface area contributed by atoms with Crippen LogP contribution in [0.2, 0.25) is 0 Å². The average molecular weight is 383 g/mol. The molecule has 1 saturated carbocycles. The van der Waals surface area contributed by atoms with Gasteiger partial charge in [0, 0.05) is 55.4 Å². The maximum absolute atomic E-state index is 11.7. The molecule has 1 aliphatic heterocycles. The molecule has 1 aromatic heterocycles. The molecular weight excluding hydrogens is 352 g/mol. The lowest BCUT2D eigenvalue weighted by molar-refractivity contribution is -0.00604. The van der Waals surface area contributed by atoms with E-state index in [9.17, 15) is 9.90 Å². The van der Waals surface area contributed by atoms with Gasteiger partial charge in [-0.15, -0.1) is 0 Å². The molecule has 0 spiro atoms. The zero-order valence-corrected chi connectivity index (χ0v) is 17.0. The van der Waals surface area contributed by atoms with Crippen molar-refractivity contribution < 1.29 is 9.90 Å². The molecule has 0 radical (unpaired) electrons. The van der Waals surface area contributed by atoms with Gasteiger partial charge in [-0.2, -0.15) is 0 Å². The highest BCUT2D eigenvalue weighted by atomic mass is 16.4. The van der Waals surface area contributed by atoms with Gasteiger partial charge in [-0.3, -0.25) is 4.90 Å². The van der Waals surface area contributed by atoms with Crippen molar-refractivity contribution in [3.05, 3.63) is 36.5 Å². The summed E-state index contributed by atoms with van der Waals surface area (Å²) in [5.74, 6) is 1.08. The number of hydrogen-bond acceptors (Lipinski definition) is 4. The van der Waals surface area contributed by atoms with Crippen LogP contribution in [0.3, 0.4) is 0 Å². The van der Waals surface area contributed by atoms with Gasteiger partial charge >= 0.3 is 6.09 Å². The molecule has 1 aromatic carbocycles. The van der Waals surface area contributed by atoms with E-state index in [1.807, 2.05) is 27.0 Å². The van der Waals surface area contributed by atoms with Crippen molar-refractivity contribution in [1.82, 2.24) is 14.8 Å². The summed E-state index contributed by atoms with van der Waals surface area (Å²) in [5, 5.41) is 12.0. The Morgan fingerprint density at radius 1 is 1.11 bits per heavy atom. The van der Waals surface area contributed by atoms with Crippen LogP contribution in [0.5, 0.6) is 0 Å². The maximum Gasteiger partial charge on any atom is 0.407 e. The standard InChI is InChI=1S/C22H30N4O2/c1-22(2,3)26(21(27)28)18-14-17(15-18)24-10-12-25(13-11-24)20-19-7-5-4-6-16(19)8-9-23-20/h4-9,17-18H,10-15H2,1-3H3,(H,27,28)/t17-,18-. The van der Waals surface area contributed by atoms with E-state index in [2.05, 4.69) is 45.1 Å². The van der Waals surface area contributed by atoms with Gasteiger partial charge in [0.1, 0.15) is 5.82 Å². The van der Waals surface area contributed by atoms with Crippen molar-refractivity contribution in [2.24, 2.45) is 0 Å². The molecular formula is C22H30N4O2. The van der Waals surface area contributed by atoms with Gasteiger partial charge in [0.05, 0.1) is 0 Å². The van der Waals surface area contributed by atoms with E-state index >= 15 is 0 Å². The first-order valence-corrected chi connectivity index (χ1v) is 10.2. The summed E-state index contributed by atoms with van der Waals surface area (Å²) in [6.07, 6.45) is 2.97. The lowest BCUT2D eigenvalue weighted by Gasteiger charge is -2.52. The molecule has 6 heteroatoms. The van der Waals surface area contributed by atoms with Crippen LogP contribution in [0.4, 0.5) is 10.6 Å². The molecule has 1 aliphatic carbocycles. The monoisotopic (exact) mass is 382 g/mol. The minimum atomic E-state index is -0.803. The van der Waals surface area contributed by atoms with Crippen molar-refractivity contribution in [2.75, 3.05) is 31.1 Å². The summed E-state index contributed by atoms with van der Waals surface area (Å²) in [7, 11) is 0. The second kappa shape index (κ2) is 7.24. The minimum Gasteiger partial charge on any atom is -0.465 e. The molecule has 1 amide bonds. The van der Waals surface area contributed by atoms with Crippen molar-refractivity contribution in [3.63, 3.8) is 0 Å². The molecule has 0 atom stereocenters. The summed E-state index contributed by atoms with van der Waals surface area (Å²) in [6.45, 7) is 9.86. The van der Waals surface area contributed by atoms with E-state index in [1.54, 1.807) is 4.90 Å². The van der Waals surface area contributed by atoms with E-state index in [1.165, 1.54) is 10.8 Å². The predicted octanol–water partition coefficient (Wildman–Crippen LogP) is 3.67. The Kier molecular flexibility index (Phi) is 4.91.